The van der Waals surface area contributed by atoms with Crippen molar-refractivity contribution in [1.82, 2.24) is 10.2 Å². The molecule has 2 amide bonds. The summed E-state index contributed by atoms with van der Waals surface area (Å²) in [6.45, 7) is 0.401. The lowest BCUT2D eigenvalue weighted by Gasteiger charge is -2.17. The Hall–Kier alpha value is -2.74. The average Bonchev–Trinajstić information content (AvgIpc) is 3.17. The van der Waals surface area contributed by atoms with Gasteiger partial charge in [-0.3, -0.25) is 9.59 Å². The van der Waals surface area contributed by atoms with Crippen molar-refractivity contribution in [2.24, 2.45) is 0 Å². The number of carbonyl (C=O) groups is 2. The van der Waals surface area contributed by atoms with Gasteiger partial charge in [-0.15, -0.1) is 0 Å². The van der Waals surface area contributed by atoms with E-state index in [0.717, 1.165) is 5.56 Å². The molecule has 1 aromatic carbocycles. The van der Waals surface area contributed by atoms with E-state index in [0.29, 0.717) is 29.4 Å². The quantitative estimate of drug-likeness (QED) is 0.762. The molecule has 1 aromatic heterocycles. The highest BCUT2D eigenvalue weighted by Gasteiger charge is 2.18. The van der Waals surface area contributed by atoms with Crippen molar-refractivity contribution in [1.29, 1.82) is 0 Å². The third kappa shape index (κ3) is 4.66. The average molecular weight is 378 g/mol. The van der Waals surface area contributed by atoms with Gasteiger partial charge in [0.05, 0.1) is 27.9 Å². The number of likely N-dealkylation sites (N-methyl/N-ethyl adjacent to an activating group) is 1. The number of benzene rings is 1. The Balaban J connectivity index is 2.02. The number of carbonyl (C=O) groups excluding carboxylic acids is 2. The van der Waals surface area contributed by atoms with Gasteiger partial charge in [0.1, 0.15) is 0 Å². The first-order chi connectivity index (χ1) is 12.5. The van der Waals surface area contributed by atoms with E-state index in [1.807, 2.05) is 16.8 Å². The maximum absolute atomic E-state index is 12.4. The molecule has 0 aliphatic heterocycles. The maximum Gasteiger partial charge on any atom is 0.251 e. The summed E-state index contributed by atoms with van der Waals surface area (Å²) in [5.41, 5.74) is 1.37. The highest BCUT2D eigenvalue weighted by molar-refractivity contribution is 7.07. The first-order valence-electron chi connectivity index (χ1n) is 7.83. The fraction of sp³-hybridized carbons (Fsp3) is 0.333. The van der Waals surface area contributed by atoms with Crippen LogP contribution in [-0.4, -0.2) is 51.6 Å². The third-order valence-corrected chi connectivity index (χ3v) is 4.48. The van der Waals surface area contributed by atoms with Gasteiger partial charge in [0, 0.05) is 19.2 Å². The Bertz CT molecular complexity index is 736. The molecule has 1 heterocycles. The second-order valence-corrected chi connectivity index (χ2v) is 6.26. The Labute approximate surface area is 156 Å². The van der Waals surface area contributed by atoms with Crippen LogP contribution in [0.2, 0.25) is 0 Å². The van der Waals surface area contributed by atoms with Gasteiger partial charge < -0.3 is 24.4 Å². The van der Waals surface area contributed by atoms with Crippen molar-refractivity contribution in [3.8, 4) is 17.2 Å². The summed E-state index contributed by atoms with van der Waals surface area (Å²) in [7, 11) is 6.14. The lowest BCUT2D eigenvalue weighted by molar-refractivity contribution is -0.129. The number of methoxy groups -OCH3 is 3. The molecule has 0 fully saturated rings. The van der Waals surface area contributed by atoms with E-state index >= 15 is 0 Å². The molecule has 8 heteroatoms. The molecule has 140 valence electrons. The van der Waals surface area contributed by atoms with Gasteiger partial charge in [-0.2, -0.15) is 11.3 Å². The number of rotatable bonds is 8. The standard InChI is InChI=1S/C18H22N2O5S/c1-20(10-12-5-6-26-11-12)16(21)9-19-18(22)13-7-14(23-2)17(25-4)15(8-13)24-3/h5-8,11H,9-10H2,1-4H3,(H,19,22). The van der Waals surface area contributed by atoms with E-state index < -0.39 is 5.91 Å². The number of nitrogens with one attached hydrogen (secondary N) is 1. The second kappa shape index (κ2) is 9.10. The SMILES string of the molecule is COc1cc(C(=O)NCC(=O)N(C)Cc2ccsc2)cc(OC)c1OC. The molecule has 0 spiro atoms. The molecule has 0 unspecified atom stereocenters. The van der Waals surface area contributed by atoms with Crippen LogP contribution in [0, 0.1) is 0 Å². The second-order valence-electron chi connectivity index (χ2n) is 5.48. The largest absolute Gasteiger partial charge is 0.493 e. The van der Waals surface area contributed by atoms with Gasteiger partial charge in [0.25, 0.3) is 5.91 Å². The van der Waals surface area contributed by atoms with Crippen LogP contribution in [0.15, 0.2) is 29.0 Å². The molecular weight excluding hydrogens is 356 g/mol. The van der Waals surface area contributed by atoms with Crippen LogP contribution < -0.4 is 19.5 Å². The van der Waals surface area contributed by atoms with Crippen LogP contribution in [0.1, 0.15) is 15.9 Å². The predicted octanol–water partition coefficient (Wildman–Crippen LogP) is 2.16. The van der Waals surface area contributed by atoms with Crippen LogP contribution in [0.4, 0.5) is 0 Å². The minimum Gasteiger partial charge on any atom is -0.493 e. The van der Waals surface area contributed by atoms with E-state index in [9.17, 15) is 9.59 Å². The molecule has 7 nitrogen and oxygen atoms in total. The first kappa shape index (κ1) is 19.6. The van der Waals surface area contributed by atoms with E-state index in [2.05, 4.69) is 5.32 Å². The minimum absolute atomic E-state index is 0.101. The lowest BCUT2D eigenvalue weighted by atomic mass is 10.1. The maximum atomic E-state index is 12.4. The Morgan fingerprint density at radius 1 is 1.12 bits per heavy atom. The zero-order valence-corrected chi connectivity index (χ0v) is 16.0. The van der Waals surface area contributed by atoms with Crippen LogP contribution in [0.5, 0.6) is 17.2 Å². The van der Waals surface area contributed by atoms with Gasteiger partial charge in [0.15, 0.2) is 11.5 Å². The smallest absolute Gasteiger partial charge is 0.251 e. The van der Waals surface area contributed by atoms with Crippen LogP contribution in [-0.2, 0) is 11.3 Å². The summed E-state index contributed by atoms with van der Waals surface area (Å²) >= 11 is 1.58. The van der Waals surface area contributed by atoms with Crippen LogP contribution in [0.25, 0.3) is 0 Å². The van der Waals surface area contributed by atoms with Gasteiger partial charge in [-0.05, 0) is 34.5 Å². The van der Waals surface area contributed by atoms with Gasteiger partial charge in [-0.25, -0.2) is 0 Å². The molecule has 0 bridgehead atoms. The van der Waals surface area contributed by atoms with Crippen molar-refractivity contribution in [3.63, 3.8) is 0 Å². The number of hydrogen-bond donors (Lipinski definition) is 1. The van der Waals surface area contributed by atoms with Crippen molar-refractivity contribution >= 4 is 23.2 Å². The lowest BCUT2D eigenvalue weighted by Crippen LogP contribution is -2.37. The van der Waals surface area contributed by atoms with E-state index in [1.165, 1.54) is 33.5 Å². The normalized spacial score (nSPS) is 10.2. The van der Waals surface area contributed by atoms with Crippen molar-refractivity contribution in [3.05, 3.63) is 40.1 Å². The number of hydrogen-bond acceptors (Lipinski definition) is 6. The summed E-state index contributed by atoms with van der Waals surface area (Å²) in [6.07, 6.45) is 0. The number of ether oxygens (including phenoxy) is 3. The van der Waals surface area contributed by atoms with Crippen LogP contribution in [0.3, 0.4) is 0 Å². The number of thiophene rings is 1. The van der Waals surface area contributed by atoms with E-state index in [1.54, 1.807) is 23.3 Å². The van der Waals surface area contributed by atoms with Crippen LogP contribution >= 0.6 is 11.3 Å². The Morgan fingerprint density at radius 2 is 1.77 bits per heavy atom. The minimum atomic E-state index is -0.401. The Kier molecular flexibility index (Phi) is 6.85. The van der Waals surface area contributed by atoms with Gasteiger partial charge in [0.2, 0.25) is 11.7 Å². The van der Waals surface area contributed by atoms with E-state index in [4.69, 9.17) is 14.2 Å². The zero-order valence-electron chi connectivity index (χ0n) is 15.2. The molecule has 0 atom stereocenters. The topological polar surface area (TPSA) is 77.1 Å². The molecule has 26 heavy (non-hydrogen) atoms. The molecule has 0 saturated heterocycles. The first-order valence-corrected chi connectivity index (χ1v) is 8.77. The number of nitrogens with zero attached hydrogens (tertiary/aromatic N) is 1. The number of amides is 2. The Morgan fingerprint density at radius 3 is 2.27 bits per heavy atom. The zero-order chi connectivity index (χ0) is 19.1. The molecule has 0 radical (unpaired) electrons. The van der Waals surface area contributed by atoms with Gasteiger partial charge in [-0.1, -0.05) is 0 Å². The summed E-state index contributed by atoms with van der Waals surface area (Å²) in [6, 6.07) is 5.04. The fourth-order valence-corrected chi connectivity index (χ4v) is 3.01. The third-order valence-electron chi connectivity index (χ3n) is 3.75. The highest BCUT2D eigenvalue weighted by atomic mass is 32.1. The van der Waals surface area contributed by atoms with Crippen molar-refractivity contribution < 1.29 is 23.8 Å². The summed E-state index contributed by atoms with van der Waals surface area (Å²) in [5.74, 6) is 0.562. The molecular formula is C18H22N2O5S. The fourth-order valence-electron chi connectivity index (χ4n) is 2.35. The molecule has 1 N–H and O–H groups in total. The summed E-state index contributed by atoms with van der Waals surface area (Å²) in [5, 5.41) is 6.56. The summed E-state index contributed by atoms with van der Waals surface area (Å²) < 4.78 is 15.7. The van der Waals surface area contributed by atoms with E-state index in [-0.39, 0.29) is 12.5 Å². The van der Waals surface area contributed by atoms with Crippen molar-refractivity contribution in [2.45, 2.75) is 6.54 Å². The summed E-state index contributed by atoms with van der Waals surface area (Å²) in [4.78, 5) is 26.2. The van der Waals surface area contributed by atoms with Gasteiger partial charge >= 0.3 is 0 Å². The molecule has 0 aliphatic carbocycles. The molecule has 0 saturated carbocycles. The monoisotopic (exact) mass is 378 g/mol. The molecule has 0 aliphatic rings. The highest BCUT2D eigenvalue weighted by Crippen LogP contribution is 2.38. The van der Waals surface area contributed by atoms with Crippen molar-refractivity contribution in [2.75, 3.05) is 34.9 Å². The molecule has 2 rings (SSSR count). The predicted molar refractivity (Wildman–Crippen MR) is 99.2 cm³/mol. The molecule has 2 aromatic rings.